The van der Waals surface area contributed by atoms with Gasteiger partial charge in [-0.3, -0.25) is 0 Å². The van der Waals surface area contributed by atoms with Crippen LogP contribution in [0.3, 0.4) is 0 Å². The molecule has 4 nitrogen and oxygen atoms in total. The molecule has 4 heteroatoms. The first-order chi connectivity index (χ1) is 9.63. The molecule has 20 heavy (non-hydrogen) atoms. The minimum atomic E-state index is 0.0263. The molecule has 2 rings (SSSR count). The summed E-state index contributed by atoms with van der Waals surface area (Å²) in [7, 11) is 0. The summed E-state index contributed by atoms with van der Waals surface area (Å²) in [6.07, 6.45) is 5.35. The van der Waals surface area contributed by atoms with Crippen LogP contribution in [0, 0.1) is 11.8 Å². The number of nitrogens with two attached hydrogens (primary N) is 1. The van der Waals surface area contributed by atoms with E-state index in [1.807, 2.05) is 25.1 Å². The Morgan fingerprint density at radius 3 is 2.70 bits per heavy atom. The summed E-state index contributed by atoms with van der Waals surface area (Å²) >= 11 is 0. The number of aldehydes is 1. The van der Waals surface area contributed by atoms with Crippen molar-refractivity contribution in [1.29, 1.82) is 0 Å². The second-order valence-electron chi connectivity index (χ2n) is 5.83. The Morgan fingerprint density at radius 1 is 1.40 bits per heavy atom. The van der Waals surface area contributed by atoms with E-state index in [4.69, 9.17) is 5.73 Å². The zero-order chi connectivity index (χ0) is 14.5. The molecule has 0 heterocycles. The van der Waals surface area contributed by atoms with Crippen LogP contribution in [0.15, 0.2) is 18.2 Å². The number of benzene rings is 1. The van der Waals surface area contributed by atoms with Crippen molar-refractivity contribution >= 4 is 17.7 Å². The molecular weight excluding hydrogens is 252 g/mol. The van der Waals surface area contributed by atoms with E-state index in [0.29, 0.717) is 17.6 Å². The van der Waals surface area contributed by atoms with Crippen LogP contribution in [0.2, 0.25) is 0 Å². The summed E-state index contributed by atoms with van der Waals surface area (Å²) in [6, 6.07) is 5.98. The van der Waals surface area contributed by atoms with Gasteiger partial charge in [0.05, 0.1) is 18.0 Å². The molecule has 1 aromatic rings. The van der Waals surface area contributed by atoms with Crippen LogP contribution in [0.4, 0.5) is 11.4 Å². The SMILES string of the molecule is CC(C=O)C1CCC(Nc2cc(CO)ccc2N)CC1. The van der Waals surface area contributed by atoms with Crippen LogP contribution in [0.1, 0.15) is 38.2 Å². The average Bonchev–Trinajstić information content (AvgIpc) is 2.49. The van der Waals surface area contributed by atoms with E-state index in [0.717, 1.165) is 43.2 Å². The Morgan fingerprint density at radius 2 is 2.10 bits per heavy atom. The molecule has 1 aromatic carbocycles. The number of nitrogen functional groups attached to an aromatic ring is 1. The van der Waals surface area contributed by atoms with Gasteiger partial charge in [-0.25, -0.2) is 0 Å². The summed E-state index contributed by atoms with van der Waals surface area (Å²) in [5.41, 5.74) is 8.45. The van der Waals surface area contributed by atoms with Gasteiger partial charge in [0.1, 0.15) is 6.29 Å². The number of carbonyl (C=O) groups is 1. The molecule has 1 saturated carbocycles. The molecular formula is C16H24N2O2. The lowest BCUT2D eigenvalue weighted by molar-refractivity contribution is -0.112. The molecule has 0 radical (unpaired) electrons. The predicted octanol–water partition coefficient (Wildman–Crippen LogP) is 2.57. The molecule has 1 unspecified atom stereocenters. The molecule has 1 aliphatic rings. The Balaban J connectivity index is 1.94. The maximum absolute atomic E-state index is 10.8. The fourth-order valence-electron chi connectivity index (χ4n) is 2.95. The number of hydrogen-bond donors (Lipinski definition) is 3. The van der Waals surface area contributed by atoms with Crippen molar-refractivity contribution in [2.24, 2.45) is 11.8 Å². The number of aliphatic hydroxyl groups is 1. The van der Waals surface area contributed by atoms with Crippen LogP contribution < -0.4 is 11.1 Å². The van der Waals surface area contributed by atoms with Gasteiger partial charge in [0.15, 0.2) is 0 Å². The highest BCUT2D eigenvalue weighted by molar-refractivity contribution is 5.67. The molecule has 0 saturated heterocycles. The number of aliphatic hydroxyl groups excluding tert-OH is 1. The van der Waals surface area contributed by atoms with E-state index in [9.17, 15) is 9.90 Å². The molecule has 1 fully saturated rings. The third kappa shape index (κ3) is 3.51. The highest BCUT2D eigenvalue weighted by Crippen LogP contribution is 2.32. The van der Waals surface area contributed by atoms with Crippen LogP contribution in [0.25, 0.3) is 0 Å². The minimum absolute atomic E-state index is 0.0263. The summed E-state index contributed by atoms with van der Waals surface area (Å²) < 4.78 is 0. The topological polar surface area (TPSA) is 75.3 Å². The first-order valence-corrected chi connectivity index (χ1v) is 7.35. The lowest BCUT2D eigenvalue weighted by Crippen LogP contribution is -2.29. The number of carbonyl (C=O) groups excluding carboxylic acids is 1. The molecule has 0 amide bonds. The van der Waals surface area contributed by atoms with Crippen molar-refractivity contribution in [3.63, 3.8) is 0 Å². The first-order valence-electron chi connectivity index (χ1n) is 7.35. The Labute approximate surface area is 120 Å². The zero-order valence-corrected chi connectivity index (χ0v) is 12.0. The molecule has 0 bridgehead atoms. The van der Waals surface area contributed by atoms with Crippen LogP contribution in [0.5, 0.6) is 0 Å². The molecule has 0 aliphatic heterocycles. The van der Waals surface area contributed by atoms with Crippen LogP contribution in [-0.4, -0.2) is 17.4 Å². The van der Waals surface area contributed by atoms with Gasteiger partial charge in [-0.15, -0.1) is 0 Å². The van der Waals surface area contributed by atoms with Gasteiger partial charge in [-0.2, -0.15) is 0 Å². The molecule has 4 N–H and O–H groups in total. The molecule has 0 aromatic heterocycles. The minimum Gasteiger partial charge on any atom is -0.397 e. The quantitative estimate of drug-likeness (QED) is 0.570. The van der Waals surface area contributed by atoms with Gasteiger partial charge in [0.2, 0.25) is 0 Å². The average molecular weight is 276 g/mol. The highest BCUT2D eigenvalue weighted by atomic mass is 16.3. The van der Waals surface area contributed by atoms with Crippen molar-refractivity contribution in [1.82, 2.24) is 0 Å². The molecule has 1 atom stereocenters. The number of rotatable bonds is 5. The van der Waals surface area contributed by atoms with Gasteiger partial charge >= 0.3 is 0 Å². The van der Waals surface area contributed by atoms with Crippen LogP contribution >= 0.6 is 0 Å². The largest absolute Gasteiger partial charge is 0.397 e. The van der Waals surface area contributed by atoms with Crippen molar-refractivity contribution in [3.05, 3.63) is 23.8 Å². The van der Waals surface area contributed by atoms with Crippen LogP contribution in [-0.2, 0) is 11.4 Å². The van der Waals surface area contributed by atoms with Crippen molar-refractivity contribution < 1.29 is 9.90 Å². The van der Waals surface area contributed by atoms with E-state index in [1.54, 1.807) is 0 Å². The standard InChI is InChI=1S/C16H24N2O2/c1-11(9-19)13-3-5-14(6-4-13)18-16-8-12(10-20)2-7-15(16)17/h2,7-9,11,13-14,18,20H,3-6,10,17H2,1H3. The van der Waals surface area contributed by atoms with Gasteiger partial charge < -0.3 is 21.0 Å². The maximum Gasteiger partial charge on any atom is 0.123 e. The normalized spacial score (nSPS) is 24.1. The molecule has 110 valence electrons. The third-order valence-electron chi connectivity index (χ3n) is 4.39. The fraction of sp³-hybridized carbons (Fsp3) is 0.562. The Kier molecular flexibility index (Phi) is 5.01. The summed E-state index contributed by atoms with van der Waals surface area (Å²) in [4.78, 5) is 10.8. The second-order valence-corrected chi connectivity index (χ2v) is 5.83. The Hall–Kier alpha value is -1.55. The monoisotopic (exact) mass is 276 g/mol. The van der Waals surface area contributed by atoms with Crippen molar-refractivity contribution in [2.75, 3.05) is 11.1 Å². The maximum atomic E-state index is 10.8. The third-order valence-corrected chi connectivity index (χ3v) is 4.39. The first kappa shape index (κ1) is 14.9. The molecule has 1 aliphatic carbocycles. The van der Waals surface area contributed by atoms with Gasteiger partial charge in [-0.05, 0) is 49.3 Å². The van der Waals surface area contributed by atoms with E-state index in [1.165, 1.54) is 0 Å². The lowest BCUT2D eigenvalue weighted by atomic mass is 9.79. The van der Waals surface area contributed by atoms with E-state index in [2.05, 4.69) is 5.32 Å². The smallest absolute Gasteiger partial charge is 0.123 e. The van der Waals surface area contributed by atoms with E-state index in [-0.39, 0.29) is 12.5 Å². The van der Waals surface area contributed by atoms with Gasteiger partial charge in [0.25, 0.3) is 0 Å². The van der Waals surface area contributed by atoms with E-state index < -0.39 is 0 Å². The fourth-order valence-corrected chi connectivity index (χ4v) is 2.95. The van der Waals surface area contributed by atoms with Crippen molar-refractivity contribution in [3.8, 4) is 0 Å². The van der Waals surface area contributed by atoms with Gasteiger partial charge in [-0.1, -0.05) is 13.0 Å². The zero-order valence-electron chi connectivity index (χ0n) is 12.0. The number of nitrogens with one attached hydrogen (secondary N) is 1. The summed E-state index contributed by atoms with van der Waals surface area (Å²) in [5.74, 6) is 0.686. The number of anilines is 2. The van der Waals surface area contributed by atoms with E-state index >= 15 is 0 Å². The lowest BCUT2D eigenvalue weighted by Gasteiger charge is -2.31. The predicted molar refractivity (Wildman–Crippen MR) is 81.4 cm³/mol. The number of hydrogen-bond acceptors (Lipinski definition) is 4. The molecule has 0 spiro atoms. The highest BCUT2D eigenvalue weighted by Gasteiger charge is 2.25. The van der Waals surface area contributed by atoms with Gasteiger partial charge in [0, 0.05) is 12.0 Å². The summed E-state index contributed by atoms with van der Waals surface area (Å²) in [5, 5.41) is 12.7. The second kappa shape index (κ2) is 6.75. The Bertz CT molecular complexity index is 454. The van der Waals surface area contributed by atoms with Crippen molar-refractivity contribution in [2.45, 2.75) is 45.3 Å². The summed E-state index contributed by atoms with van der Waals surface area (Å²) in [6.45, 7) is 2.03.